The van der Waals surface area contributed by atoms with E-state index in [4.69, 9.17) is 4.42 Å². The Hall–Kier alpha value is -4.18. The minimum absolute atomic E-state index is 0.0232. The predicted octanol–water partition coefficient (Wildman–Crippen LogP) is 6.09. The molecule has 30 heavy (non-hydrogen) atoms. The zero-order chi connectivity index (χ0) is 19.8. The number of carbonyl (C=O) groups is 1. The highest BCUT2D eigenvalue weighted by Crippen LogP contribution is 2.47. The normalized spacial score (nSPS) is 12.7. The summed E-state index contributed by atoms with van der Waals surface area (Å²) in [6.45, 7) is 0. The lowest BCUT2D eigenvalue weighted by molar-refractivity contribution is 0.104. The van der Waals surface area contributed by atoms with E-state index in [0.29, 0.717) is 17.2 Å². The molecule has 7 rings (SSSR count). The first-order chi connectivity index (χ1) is 14.8. The van der Waals surface area contributed by atoms with Crippen LogP contribution in [0.4, 0.5) is 0 Å². The summed E-state index contributed by atoms with van der Waals surface area (Å²) >= 11 is 0. The molecule has 0 atom stereocenters. The highest BCUT2D eigenvalue weighted by Gasteiger charge is 2.36. The lowest BCUT2D eigenvalue weighted by Gasteiger charge is -2.03. The van der Waals surface area contributed by atoms with Crippen molar-refractivity contribution in [1.82, 2.24) is 9.55 Å². The van der Waals surface area contributed by atoms with E-state index in [9.17, 15) is 4.79 Å². The Kier molecular flexibility index (Phi) is 2.86. The molecule has 0 saturated heterocycles. The van der Waals surface area contributed by atoms with Crippen molar-refractivity contribution in [3.8, 4) is 28.3 Å². The van der Waals surface area contributed by atoms with Crippen LogP contribution in [0.15, 0.2) is 89.5 Å². The fraction of sp³-hybridized carbons (Fsp3) is 0. The lowest BCUT2D eigenvalue weighted by atomic mass is 10.1. The van der Waals surface area contributed by atoms with E-state index >= 15 is 0 Å². The van der Waals surface area contributed by atoms with Gasteiger partial charge in [-0.2, -0.15) is 0 Å². The molecule has 3 heterocycles. The van der Waals surface area contributed by atoms with Crippen LogP contribution >= 0.6 is 0 Å². The summed E-state index contributed by atoms with van der Waals surface area (Å²) in [5, 5.41) is 1.06. The summed E-state index contributed by atoms with van der Waals surface area (Å²) in [5.41, 5.74) is 7.13. The zero-order valence-electron chi connectivity index (χ0n) is 15.8. The Balaban J connectivity index is 1.53. The first kappa shape index (κ1) is 15.7. The number of ketones is 1. The maximum atomic E-state index is 13.3. The van der Waals surface area contributed by atoms with Crippen molar-refractivity contribution in [1.29, 1.82) is 0 Å². The second kappa shape index (κ2) is 5.45. The molecule has 4 heteroatoms. The van der Waals surface area contributed by atoms with Crippen LogP contribution in [0.1, 0.15) is 15.9 Å². The van der Waals surface area contributed by atoms with E-state index in [1.54, 1.807) is 6.20 Å². The second-order valence-corrected chi connectivity index (χ2v) is 7.59. The molecule has 3 aliphatic rings. The summed E-state index contributed by atoms with van der Waals surface area (Å²) in [6, 6.07) is 25.9. The molecule has 0 saturated carbocycles. The van der Waals surface area contributed by atoms with Crippen LogP contribution < -0.4 is 0 Å². The van der Waals surface area contributed by atoms with Gasteiger partial charge in [0.15, 0.2) is 5.78 Å². The molecule has 3 aliphatic carbocycles. The Labute approximate surface area is 171 Å². The number of hydrogen-bond acceptors (Lipinski definition) is 3. The molecule has 1 aromatic carbocycles. The van der Waals surface area contributed by atoms with E-state index < -0.39 is 0 Å². The van der Waals surface area contributed by atoms with Gasteiger partial charge in [0, 0.05) is 28.8 Å². The lowest BCUT2D eigenvalue weighted by Crippen LogP contribution is -1.96. The van der Waals surface area contributed by atoms with Crippen molar-refractivity contribution in [3.05, 3.63) is 96.2 Å². The predicted molar refractivity (Wildman–Crippen MR) is 116 cm³/mol. The number of para-hydroxylation sites is 1. The van der Waals surface area contributed by atoms with Gasteiger partial charge in [0.05, 0.1) is 22.1 Å². The third-order valence-electron chi connectivity index (χ3n) is 5.99. The van der Waals surface area contributed by atoms with E-state index in [1.165, 1.54) is 0 Å². The maximum absolute atomic E-state index is 13.3. The molecular weight excluding hydrogens is 372 g/mol. The average Bonchev–Trinajstić information content (AvgIpc) is 3.45. The highest BCUT2D eigenvalue weighted by atomic mass is 16.4. The number of carbonyl (C=O) groups excluding carboxylic acids is 1. The van der Waals surface area contributed by atoms with Crippen LogP contribution in [0.25, 0.3) is 50.3 Å². The Morgan fingerprint density at radius 1 is 0.767 bits per heavy atom. The minimum atomic E-state index is 0.0232. The smallest absolute Gasteiger partial charge is 0.206 e. The number of benzene rings is 1. The second-order valence-electron chi connectivity index (χ2n) is 7.59. The Bertz CT molecular complexity index is 1570. The molecule has 0 aliphatic heterocycles. The van der Waals surface area contributed by atoms with Gasteiger partial charge in [0.2, 0.25) is 5.88 Å². The molecule has 3 aromatic heterocycles. The van der Waals surface area contributed by atoms with Gasteiger partial charge in [0.25, 0.3) is 0 Å². The number of rotatable bonds is 1. The van der Waals surface area contributed by atoms with Gasteiger partial charge >= 0.3 is 0 Å². The van der Waals surface area contributed by atoms with Gasteiger partial charge in [-0.1, -0.05) is 48.5 Å². The molecule has 0 radical (unpaired) electrons. The zero-order valence-corrected chi connectivity index (χ0v) is 15.8. The molecule has 0 bridgehead atoms. The molecule has 0 N–H and O–H groups in total. The third-order valence-corrected chi connectivity index (χ3v) is 5.99. The summed E-state index contributed by atoms with van der Waals surface area (Å²) in [4.78, 5) is 17.9. The van der Waals surface area contributed by atoms with Gasteiger partial charge in [-0.05, 0) is 35.4 Å². The third kappa shape index (κ3) is 1.85. The van der Waals surface area contributed by atoms with Gasteiger partial charge in [0.1, 0.15) is 5.76 Å². The van der Waals surface area contributed by atoms with Crippen LogP contribution in [0.3, 0.4) is 0 Å². The van der Waals surface area contributed by atoms with Crippen molar-refractivity contribution in [2.75, 3.05) is 0 Å². The summed E-state index contributed by atoms with van der Waals surface area (Å²) in [7, 11) is 0. The van der Waals surface area contributed by atoms with Crippen LogP contribution in [0, 0.1) is 0 Å². The van der Waals surface area contributed by atoms with Crippen LogP contribution in [-0.2, 0) is 0 Å². The summed E-state index contributed by atoms with van der Waals surface area (Å²) in [5.74, 6) is 1.31. The fourth-order valence-electron chi connectivity index (χ4n) is 4.72. The molecule has 0 fully saturated rings. The average molecular weight is 386 g/mol. The fourth-order valence-corrected chi connectivity index (χ4v) is 4.72. The van der Waals surface area contributed by atoms with E-state index in [-0.39, 0.29) is 5.78 Å². The van der Waals surface area contributed by atoms with Gasteiger partial charge in [-0.15, -0.1) is 0 Å². The molecule has 140 valence electrons. The Morgan fingerprint density at radius 2 is 1.60 bits per heavy atom. The van der Waals surface area contributed by atoms with E-state index in [0.717, 1.165) is 44.2 Å². The molecule has 4 nitrogen and oxygen atoms in total. The highest BCUT2D eigenvalue weighted by molar-refractivity contribution is 6.25. The Morgan fingerprint density at radius 3 is 2.57 bits per heavy atom. The topological polar surface area (TPSA) is 48.0 Å². The number of furan rings is 1. The largest absolute Gasteiger partial charge is 0.439 e. The summed E-state index contributed by atoms with van der Waals surface area (Å²) < 4.78 is 8.40. The van der Waals surface area contributed by atoms with Crippen molar-refractivity contribution in [2.45, 2.75) is 0 Å². The number of aromatic nitrogens is 2. The number of nitrogens with zero attached hydrogens (tertiary/aromatic N) is 2. The quantitative estimate of drug-likeness (QED) is 0.343. The van der Waals surface area contributed by atoms with Crippen LogP contribution in [-0.4, -0.2) is 15.3 Å². The standard InChI is InChI=1S/C26H14N2O2/c29-25-19-14-22(28-20-10-5-4-9-17(20)24-21(28)11-6-12-27-24)30-26(19)18-13-15-7-2-1-3-8-16(15)23(18)25/h1-14H. The van der Waals surface area contributed by atoms with Gasteiger partial charge in [-0.3, -0.25) is 14.3 Å². The molecule has 0 spiro atoms. The van der Waals surface area contributed by atoms with Crippen LogP contribution in [0.2, 0.25) is 0 Å². The molecule has 4 aromatic rings. The number of hydrogen-bond donors (Lipinski definition) is 0. The van der Waals surface area contributed by atoms with E-state index in [1.807, 2.05) is 65.2 Å². The van der Waals surface area contributed by atoms with Crippen molar-refractivity contribution >= 4 is 27.7 Å². The maximum Gasteiger partial charge on any atom is 0.206 e. The van der Waals surface area contributed by atoms with Gasteiger partial charge in [-0.25, -0.2) is 0 Å². The van der Waals surface area contributed by atoms with Crippen molar-refractivity contribution in [2.24, 2.45) is 0 Å². The van der Waals surface area contributed by atoms with Crippen molar-refractivity contribution in [3.63, 3.8) is 0 Å². The first-order valence-electron chi connectivity index (χ1n) is 9.86. The van der Waals surface area contributed by atoms with E-state index in [2.05, 4.69) is 23.2 Å². The van der Waals surface area contributed by atoms with Crippen LogP contribution in [0.5, 0.6) is 0 Å². The molecular formula is C26H14N2O2. The van der Waals surface area contributed by atoms with Gasteiger partial charge < -0.3 is 4.42 Å². The molecule has 0 unspecified atom stereocenters. The summed E-state index contributed by atoms with van der Waals surface area (Å²) in [6.07, 6.45) is 1.80. The number of pyridine rings is 1. The number of fused-ring (bicyclic) bond motifs is 8. The molecule has 0 amide bonds. The SMILES string of the molecule is O=C1c2cc(-n3c4ccccc4c4ncccc43)oc2-c2cc3cccccc-3c21. The minimum Gasteiger partial charge on any atom is -0.439 e. The monoisotopic (exact) mass is 386 g/mol. The first-order valence-corrected chi connectivity index (χ1v) is 9.86. The van der Waals surface area contributed by atoms with Crippen molar-refractivity contribution < 1.29 is 9.21 Å².